The van der Waals surface area contributed by atoms with Crippen molar-refractivity contribution in [2.24, 2.45) is 0 Å². The van der Waals surface area contributed by atoms with Gasteiger partial charge in [-0.25, -0.2) is 4.79 Å². The van der Waals surface area contributed by atoms with E-state index in [1.165, 1.54) is 14.1 Å². The molecule has 0 spiro atoms. The number of urea groups is 1. The number of allylic oxidation sites excluding steroid dienone is 1. The minimum Gasteiger partial charge on any atom is -0.345 e. The molecule has 0 fully saturated rings. The van der Waals surface area contributed by atoms with Gasteiger partial charge in [-0.2, -0.15) is 13.2 Å². The first-order chi connectivity index (χ1) is 7.68. The monoisotopic (exact) mass is 253 g/mol. The third kappa shape index (κ3) is 5.79. The number of carbonyl (C=O) groups is 2. The van der Waals surface area contributed by atoms with Crippen molar-refractivity contribution < 1.29 is 22.8 Å². The summed E-state index contributed by atoms with van der Waals surface area (Å²) in [6.45, 7) is 1.74. The van der Waals surface area contributed by atoms with E-state index >= 15 is 0 Å². The van der Waals surface area contributed by atoms with Crippen molar-refractivity contribution >= 4 is 11.9 Å². The molecule has 0 saturated carbocycles. The molecule has 0 bridgehead atoms. The van der Waals surface area contributed by atoms with E-state index < -0.39 is 23.8 Å². The van der Waals surface area contributed by atoms with E-state index in [0.29, 0.717) is 6.08 Å². The van der Waals surface area contributed by atoms with Gasteiger partial charge in [0.2, 0.25) is 5.91 Å². The van der Waals surface area contributed by atoms with E-state index in [1.807, 2.05) is 0 Å². The van der Waals surface area contributed by atoms with Gasteiger partial charge in [-0.15, -0.1) is 0 Å². The van der Waals surface area contributed by atoms with Crippen molar-refractivity contribution in [2.45, 2.75) is 13.1 Å². The summed E-state index contributed by atoms with van der Waals surface area (Å²) in [5.74, 6) is -0.867. The van der Waals surface area contributed by atoms with Crippen molar-refractivity contribution in [3.8, 4) is 0 Å². The highest BCUT2D eigenvalue weighted by molar-refractivity contribution is 5.89. The maximum absolute atomic E-state index is 12.5. The summed E-state index contributed by atoms with van der Waals surface area (Å²) in [7, 11) is 2.61. The van der Waals surface area contributed by atoms with Gasteiger partial charge in [0.25, 0.3) is 0 Å². The first-order valence-corrected chi connectivity index (χ1v) is 4.73. The van der Waals surface area contributed by atoms with E-state index in [2.05, 4.69) is 5.32 Å². The van der Waals surface area contributed by atoms with Gasteiger partial charge in [0.05, 0.1) is 0 Å². The second kappa shape index (κ2) is 6.12. The predicted octanol–water partition coefficient (Wildman–Crippen LogP) is 0.840. The molecule has 5 nitrogen and oxygen atoms in total. The fraction of sp³-hybridized carbons (Fsp3) is 0.556. The van der Waals surface area contributed by atoms with Crippen molar-refractivity contribution in [3.05, 3.63) is 11.8 Å². The average Bonchev–Trinajstić information content (AvgIpc) is 2.15. The SMILES string of the molecule is CCNC(=O)N/C(=C\C(=O)N(C)C)C(F)(F)F. The number of likely N-dealkylation sites (N-methyl/N-ethyl adjacent to an activating group) is 1. The number of halogens is 3. The first kappa shape index (κ1) is 15.3. The predicted molar refractivity (Wildman–Crippen MR) is 55.0 cm³/mol. The molecule has 0 heterocycles. The van der Waals surface area contributed by atoms with Crippen LogP contribution >= 0.6 is 0 Å². The highest BCUT2D eigenvalue weighted by Crippen LogP contribution is 2.23. The van der Waals surface area contributed by atoms with E-state index in [1.54, 1.807) is 12.2 Å². The normalized spacial score (nSPS) is 12.0. The summed E-state index contributed by atoms with van der Waals surface area (Å²) in [6.07, 6.45) is -4.47. The van der Waals surface area contributed by atoms with Crippen LogP contribution in [0.3, 0.4) is 0 Å². The van der Waals surface area contributed by atoms with Gasteiger partial charge in [-0.3, -0.25) is 4.79 Å². The van der Waals surface area contributed by atoms with Gasteiger partial charge in [0, 0.05) is 26.7 Å². The number of hydrogen-bond acceptors (Lipinski definition) is 2. The van der Waals surface area contributed by atoms with Crippen LogP contribution < -0.4 is 10.6 Å². The molecule has 0 rings (SSSR count). The number of nitrogens with zero attached hydrogens (tertiary/aromatic N) is 1. The Hall–Kier alpha value is -1.73. The Morgan fingerprint density at radius 1 is 1.29 bits per heavy atom. The first-order valence-electron chi connectivity index (χ1n) is 4.73. The van der Waals surface area contributed by atoms with Gasteiger partial charge < -0.3 is 15.5 Å². The highest BCUT2D eigenvalue weighted by atomic mass is 19.4. The summed E-state index contributed by atoms with van der Waals surface area (Å²) in [5.41, 5.74) is -1.40. The van der Waals surface area contributed by atoms with E-state index in [-0.39, 0.29) is 6.54 Å². The molecule has 98 valence electrons. The van der Waals surface area contributed by atoms with Crippen LogP contribution in [0.4, 0.5) is 18.0 Å². The van der Waals surface area contributed by atoms with E-state index in [9.17, 15) is 22.8 Å². The number of carbonyl (C=O) groups excluding carboxylic acids is 2. The second-order valence-corrected chi connectivity index (χ2v) is 3.27. The van der Waals surface area contributed by atoms with Crippen LogP contribution in [0.2, 0.25) is 0 Å². The standard InChI is InChI=1S/C9H14F3N3O2/c1-4-13-8(17)14-6(9(10,11)12)5-7(16)15(2)3/h5H,4H2,1-3H3,(H2,13,14,17)/b6-5-. The maximum Gasteiger partial charge on any atom is 0.431 e. The van der Waals surface area contributed by atoms with Crippen LogP contribution in [0.1, 0.15) is 6.92 Å². The summed E-state index contributed by atoms with van der Waals surface area (Å²) < 4.78 is 37.4. The quantitative estimate of drug-likeness (QED) is 0.732. The molecule has 0 saturated heterocycles. The minimum absolute atomic E-state index is 0.179. The molecule has 0 aromatic rings. The Balaban J connectivity index is 4.91. The zero-order valence-electron chi connectivity index (χ0n) is 9.68. The molecule has 17 heavy (non-hydrogen) atoms. The van der Waals surface area contributed by atoms with Gasteiger partial charge in [0.1, 0.15) is 5.70 Å². The topological polar surface area (TPSA) is 61.4 Å². The lowest BCUT2D eigenvalue weighted by molar-refractivity contribution is -0.125. The van der Waals surface area contributed by atoms with Crippen LogP contribution in [0.25, 0.3) is 0 Å². The van der Waals surface area contributed by atoms with Crippen molar-refractivity contribution in [2.75, 3.05) is 20.6 Å². The number of nitrogens with one attached hydrogen (secondary N) is 2. The average molecular weight is 253 g/mol. The maximum atomic E-state index is 12.5. The smallest absolute Gasteiger partial charge is 0.345 e. The second-order valence-electron chi connectivity index (χ2n) is 3.27. The highest BCUT2D eigenvalue weighted by Gasteiger charge is 2.35. The molecule has 3 amide bonds. The summed E-state index contributed by atoms with van der Waals surface area (Å²) in [5, 5.41) is 3.72. The number of amides is 3. The summed E-state index contributed by atoms with van der Waals surface area (Å²) in [4.78, 5) is 23.0. The number of alkyl halides is 3. The van der Waals surface area contributed by atoms with Gasteiger partial charge in [0.15, 0.2) is 0 Å². The van der Waals surface area contributed by atoms with Crippen LogP contribution in [-0.4, -0.2) is 43.7 Å². The Kier molecular flexibility index (Phi) is 5.49. The lowest BCUT2D eigenvalue weighted by atomic mass is 10.3. The zero-order valence-corrected chi connectivity index (χ0v) is 9.68. The van der Waals surface area contributed by atoms with E-state index in [0.717, 1.165) is 4.90 Å². The van der Waals surface area contributed by atoms with Crippen molar-refractivity contribution in [1.29, 1.82) is 0 Å². The zero-order chi connectivity index (χ0) is 13.6. The molecule has 0 unspecified atom stereocenters. The third-order valence-electron chi connectivity index (χ3n) is 1.60. The third-order valence-corrected chi connectivity index (χ3v) is 1.60. The molecule has 0 atom stereocenters. The molecule has 0 radical (unpaired) electrons. The molecule has 0 aromatic carbocycles. The van der Waals surface area contributed by atoms with Crippen molar-refractivity contribution in [1.82, 2.24) is 15.5 Å². The molecule has 0 aliphatic carbocycles. The van der Waals surface area contributed by atoms with Crippen LogP contribution in [0, 0.1) is 0 Å². The minimum atomic E-state index is -4.79. The molecule has 0 aliphatic rings. The molecule has 0 aromatic heterocycles. The fourth-order valence-electron chi connectivity index (χ4n) is 0.768. The Bertz CT molecular complexity index is 324. The number of rotatable bonds is 3. The van der Waals surface area contributed by atoms with Crippen molar-refractivity contribution in [3.63, 3.8) is 0 Å². The van der Waals surface area contributed by atoms with Gasteiger partial charge >= 0.3 is 12.2 Å². The largest absolute Gasteiger partial charge is 0.431 e. The van der Waals surface area contributed by atoms with Gasteiger partial charge in [-0.1, -0.05) is 0 Å². The molecule has 2 N–H and O–H groups in total. The fourth-order valence-corrected chi connectivity index (χ4v) is 0.768. The van der Waals surface area contributed by atoms with E-state index in [4.69, 9.17) is 0 Å². The molecular formula is C9H14F3N3O2. The lowest BCUT2D eigenvalue weighted by Gasteiger charge is -2.14. The molecular weight excluding hydrogens is 239 g/mol. The Morgan fingerprint density at radius 3 is 2.18 bits per heavy atom. The van der Waals surface area contributed by atoms with Crippen LogP contribution in [0.5, 0.6) is 0 Å². The molecule has 0 aliphatic heterocycles. The van der Waals surface area contributed by atoms with Gasteiger partial charge in [-0.05, 0) is 6.92 Å². The van der Waals surface area contributed by atoms with Crippen LogP contribution in [0.15, 0.2) is 11.8 Å². The lowest BCUT2D eigenvalue weighted by Crippen LogP contribution is -2.39. The molecule has 8 heteroatoms. The summed E-state index contributed by atoms with van der Waals surface area (Å²) in [6, 6.07) is -1.01. The number of hydrogen-bond donors (Lipinski definition) is 2. The Morgan fingerprint density at radius 2 is 1.82 bits per heavy atom. The summed E-state index contributed by atoms with van der Waals surface area (Å²) >= 11 is 0. The Labute approximate surface area is 96.6 Å². The van der Waals surface area contributed by atoms with Crippen LogP contribution in [-0.2, 0) is 4.79 Å².